The van der Waals surface area contributed by atoms with Crippen molar-refractivity contribution < 1.29 is 9.15 Å². The monoisotopic (exact) mass is 312 g/mol. The number of hydrogen-bond acceptors (Lipinski definition) is 4. The van der Waals surface area contributed by atoms with Gasteiger partial charge in [-0.3, -0.25) is 4.79 Å². The van der Waals surface area contributed by atoms with Crippen molar-refractivity contribution in [3.63, 3.8) is 0 Å². The third kappa shape index (κ3) is 2.99. The molecule has 1 aromatic carbocycles. The molecule has 5 nitrogen and oxygen atoms in total. The zero-order chi connectivity index (χ0) is 16.4. The molecule has 0 radical (unpaired) electrons. The number of aromatic nitrogens is 2. The Morgan fingerprint density at radius 1 is 1.26 bits per heavy atom. The van der Waals surface area contributed by atoms with E-state index in [4.69, 9.17) is 9.15 Å². The molecule has 0 atom stereocenters. The minimum atomic E-state index is -0.141. The first-order valence-electron chi connectivity index (χ1n) is 7.84. The van der Waals surface area contributed by atoms with Crippen molar-refractivity contribution in [1.82, 2.24) is 9.55 Å². The van der Waals surface area contributed by atoms with Gasteiger partial charge in [0.2, 0.25) is 5.75 Å². The van der Waals surface area contributed by atoms with Gasteiger partial charge in [-0.15, -0.1) is 0 Å². The number of unbranched alkanes of at least 4 members (excludes halogenated alkanes) is 1. The van der Waals surface area contributed by atoms with Crippen molar-refractivity contribution in [2.75, 3.05) is 0 Å². The number of aryl methyl sites for hydroxylation is 2. The summed E-state index contributed by atoms with van der Waals surface area (Å²) in [4.78, 5) is 17.0. The zero-order valence-electron chi connectivity index (χ0n) is 13.6. The van der Waals surface area contributed by atoms with Gasteiger partial charge in [-0.2, -0.15) is 4.98 Å². The van der Waals surface area contributed by atoms with Crippen molar-refractivity contribution in [2.24, 2.45) is 0 Å². The first-order chi connectivity index (χ1) is 11.1. The Morgan fingerprint density at radius 3 is 2.78 bits per heavy atom. The van der Waals surface area contributed by atoms with Gasteiger partial charge in [0, 0.05) is 12.2 Å². The highest BCUT2D eigenvalue weighted by atomic mass is 16.6. The molecule has 0 fully saturated rings. The van der Waals surface area contributed by atoms with Gasteiger partial charge < -0.3 is 13.7 Å². The van der Waals surface area contributed by atoms with Crippen molar-refractivity contribution in [1.29, 1.82) is 0 Å². The average Bonchev–Trinajstić information content (AvgIpc) is 2.94. The van der Waals surface area contributed by atoms with Gasteiger partial charge in [-0.1, -0.05) is 25.5 Å². The molecule has 0 aliphatic rings. The SMILES string of the molecule is CCCCn1c(C)cc(C)c(Oc2nc3ccccc3o2)c1=O. The van der Waals surface area contributed by atoms with Crippen LogP contribution in [-0.2, 0) is 6.54 Å². The number of pyridine rings is 1. The highest BCUT2D eigenvalue weighted by Gasteiger charge is 2.15. The van der Waals surface area contributed by atoms with Crippen LogP contribution in [0.3, 0.4) is 0 Å². The molecule has 3 aromatic rings. The van der Waals surface area contributed by atoms with Crippen LogP contribution in [0.1, 0.15) is 31.0 Å². The molecule has 2 heterocycles. The van der Waals surface area contributed by atoms with Crippen molar-refractivity contribution in [3.8, 4) is 11.8 Å². The maximum atomic E-state index is 12.7. The molecular weight excluding hydrogens is 292 g/mol. The van der Waals surface area contributed by atoms with Crippen LogP contribution in [0.15, 0.2) is 39.5 Å². The van der Waals surface area contributed by atoms with E-state index in [2.05, 4.69) is 11.9 Å². The van der Waals surface area contributed by atoms with Gasteiger partial charge in [0.25, 0.3) is 5.56 Å². The second-order valence-electron chi connectivity index (χ2n) is 5.66. The predicted molar refractivity (Wildman–Crippen MR) is 89.2 cm³/mol. The molecule has 0 N–H and O–H groups in total. The van der Waals surface area contributed by atoms with Gasteiger partial charge in [-0.25, -0.2) is 0 Å². The number of rotatable bonds is 5. The molecule has 0 spiro atoms. The summed E-state index contributed by atoms with van der Waals surface area (Å²) >= 11 is 0. The first-order valence-corrected chi connectivity index (χ1v) is 7.84. The van der Waals surface area contributed by atoms with Gasteiger partial charge >= 0.3 is 6.08 Å². The molecule has 0 saturated carbocycles. The number of para-hydroxylation sites is 2. The maximum absolute atomic E-state index is 12.7. The molecule has 120 valence electrons. The smallest absolute Gasteiger partial charge is 0.400 e. The van der Waals surface area contributed by atoms with Crippen LogP contribution in [0.2, 0.25) is 0 Å². The van der Waals surface area contributed by atoms with E-state index < -0.39 is 0 Å². The lowest BCUT2D eigenvalue weighted by Gasteiger charge is -2.13. The van der Waals surface area contributed by atoms with E-state index in [0.717, 1.165) is 24.1 Å². The molecule has 0 aliphatic carbocycles. The summed E-state index contributed by atoms with van der Waals surface area (Å²) < 4.78 is 13.0. The van der Waals surface area contributed by atoms with Crippen molar-refractivity contribution in [2.45, 2.75) is 40.2 Å². The molecule has 0 amide bonds. The molecule has 5 heteroatoms. The third-order valence-electron chi connectivity index (χ3n) is 3.85. The van der Waals surface area contributed by atoms with E-state index >= 15 is 0 Å². The van der Waals surface area contributed by atoms with E-state index in [1.807, 2.05) is 44.2 Å². The Labute approximate surface area is 134 Å². The number of hydrogen-bond donors (Lipinski definition) is 0. The first kappa shape index (κ1) is 15.3. The highest BCUT2D eigenvalue weighted by molar-refractivity contribution is 5.72. The van der Waals surface area contributed by atoms with Gasteiger partial charge in [0.15, 0.2) is 5.58 Å². The lowest BCUT2D eigenvalue weighted by Crippen LogP contribution is -2.24. The van der Waals surface area contributed by atoms with E-state index in [0.29, 0.717) is 17.6 Å². The molecule has 0 unspecified atom stereocenters. The van der Waals surface area contributed by atoms with Gasteiger partial charge in [0.1, 0.15) is 5.52 Å². The summed E-state index contributed by atoms with van der Waals surface area (Å²) in [5.74, 6) is 0.276. The van der Waals surface area contributed by atoms with E-state index in [1.165, 1.54) is 0 Å². The summed E-state index contributed by atoms with van der Waals surface area (Å²) in [5.41, 5.74) is 2.92. The normalized spacial score (nSPS) is 11.1. The standard InChI is InChI=1S/C18H20N2O3/c1-4-5-10-20-13(3)11-12(2)16(17(20)21)23-18-19-14-8-6-7-9-15(14)22-18/h6-9,11H,4-5,10H2,1-3H3. The Balaban J connectivity index is 2.00. The molecule has 0 saturated heterocycles. The highest BCUT2D eigenvalue weighted by Crippen LogP contribution is 2.25. The number of ether oxygens (including phenoxy) is 1. The minimum absolute atomic E-state index is 0.0947. The van der Waals surface area contributed by atoms with Gasteiger partial charge in [0.05, 0.1) is 0 Å². The zero-order valence-corrected chi connectivity index (χ0v) is 13.6. The molecule has 2 aromatic heterocycles. The fraction of sp³-hybridized carbons (Fsp3) is 0.333. The second kappa shape index (κ2) is 6.28. The quantitative estimate of drug-likeness (QED) is 0.708. The Bertz CT molecular complexity index is 860. The molecule has 0 aliphatic heterocycles. The van der Waals surface area contributed by atoms with Crippen LogP contribution >= 0.6 is 0 Å². The molecule has 0 bridgehead atoms. The summed E-state index contributed by atoms with van der Waals surface area (Å²) in [5, 5.41) is 0. The topological polar surface area (TPSA) is 57.3 Å². The lowest BCUT2D eigenvalue weighted by molar-refractivity contribution is 0.334. The van der Waals surface area contributed by atoms with E-state index in [-0.39, 0.29) is 17.4 Å². The number of fused-ring (bicyclic) bond motifs is 1. The van der Waals surface area contributed by atoms with Crippen LogP contribution in [0.25, 0.3) is 11.1 Å². The minimum Gasteiger partial charge on any atom is -0.409 e. The van der Waals surface area contributed by atoms with Gasteiger partial charge in [-0.05, 0) is 44.0 Å². The number of oxazole rings is 1. The van der Waals surface area contributed by atoms with E-state index in [9.17, 15) is 4.79 Å². The molecular formula is C18H20N2O3. The largest absolute Gasteiger partial charge is 0.409 e. The van der Waals surface area contributed by atoms with Crippen LogP contribution in [-0.4, -0.2) is 9.55 Å². The molecule has 3 rings (SSSR count). The van der Waals surface area contributed by atoms with Crippen molar-refractivity contribution >= 4 is 11.1 Å². The summed E-state index contributed by atoms with van der Waals surface area (Å²) in [6.45, 7) is 6.58. The predicted octanol–water partition coefficient (Wildman–Crippen LogP) is 4.20. The summed E-state index contributed by atoms with van der Waals surface area (Å²) in [6.07, 6.45) is 2.07. The van der Waals surface area contributed by atoms with Crippen LogP contribution in [0, 0.1) is 13.8 Å². The maximum Gasteiger partial charge on any atom is 0.400 e. The van der Waals surface area contributed by atoms with Crippen molar-refractivity contribution in [3.05, 3.63) is 51.9 Å². The van der Waals surface area contributed by atoms with Crippen LogP contribution < -0.4 is 10.3 Å². The Hall–Kier alpha value is -2.56. The summed E-state index contributed by atoms with van der Waals surface area (Å²) in [7, 11) is 0. The fourth-order valence-corrected chi connectivity index (χ4v) is 2.61. The average molecular weight is 312 g/mol. The van der Waals surface area contributed by atoms with E-state index in [1.54, 1.807) is 4.57 Å². The fourth-order valence-electron chi connectivity index (χ4n) is 2.61. The number of nitrogens with zero attached hydrogens (tertiary/aromatic N) is 2. The lowest BCUT2D eigenvalue weighted by atomic mass is 10.2. The summed E-state index contributed by atoms with van der Waals surface area (Å²) in [6, 6.07) is 9.36. The number of benzene rings is 1. The Morgan fingerprint density at radius 2 is 2.04 bits per heavy atom. The molecule has 23 heavy (non-hydrogen) atoms. The third-order valence-corrected chi connectivity index (χ3v) is 3.85. The van der Waals surface area contributed by atoms with Crippen LogP contribution in [0.5, 0.6) is 11.8 Å². The second-order valence-corrected chi connectivity index (χ2v) is 5.66. The van der Waals surface area contributed by atoms with Crippen LogP contribution in [0.4, 0.5) is 0 Å². The Kier molecular flexibility index (Phi) is 4.19.